The lowest BCUT2D eigenvalue weighted by Gasteiger charge is -2.08. The second kappa shape index (κ2) is 5.54. The Bertz CT molecular complexity index is 735. The first kappa shape index (κ1) is 13.8. The van der Waals surface area contributed by atoms with Crippen LogP contribution in [0.4, 0.5) is 0 Å². The molecule has 0 saturated carbocycles. The van der Waals surface area contributed by atoms with Crippen molar-refractivity contribution >= 4 is 34.8 Å². The molecule has 0 amide bonds. The van der Waals surface area contributed by atoms with Gasteiger partial charge in [-0.25, -0.2) is 0 Å². The Morgan fingerprint density at radius 3 is 2.63 bits per heavy atom. The van der Waals surface area contributed by atoms with Gasteiger partial charge in [-0.15, -0.1) is 0 Å². The molecule has 19 heavy (non-hydrogen) atoms. The summed E-state index contributed by atoms with van der Waals surface area (Å²) in [6.45, 7) is 0. The third kappa shape index (κ3) is 3.02. The number of pyridine rings is 1. The number of aromatic amines is 1. The fourth-order valence-corrected chi connectivity index (χ4v) is 1.91. The van der Waals surface area contributed by atoms with Crippen LogP contribution >= 0.6 is 34.8 Å². The van der Waals surface area contributed by atoms with E-state index in [2.05, 4.69) is 4.98 Å². The van der Waals surface area contributed by atoms with Crippen LogP contribution in [0.1, 0.15) is 5.56 Å². The number of benzene rings is 1. The summed E-state index contributed by atoms with van der Waals surface area (Å²) in [6.07, 6.45) is 1.26. The summed E-state index contributed by atoms with van der Waals surface area (Å²) in [7, 11) is 0. The van der Waals surface area contributed by atoms with Crippen molar-refractivity contribution in [3.8, 4) is 17.6 Å². The number of rotatable bonds is 2. The molecular formula is C12H5Cl3N2O2. The second-order valence-electron chi connectivity index (χ2n) is 3.50. The van der Waals surface area contributed by atoms with Gasteiger partial charge in [0, 0.05) is 11.2 Å². The smallest absolute Gasteiger partial charge is 0.292 e. The SMILES string of the molecule is N#Cc1cc(Cl)cc(Oc2c(Cl)c(Cl)c[nH]c2=O)c1. The van der Waals surface area contributed by atoms with E-state index in [-0.39, 0.29) is 21.5 Å². The molecule has 0 unspecified atom stereocenters. The van der Waals surface area contributed by atoms with Crippen molar-refractivity contribution in [2.45, 2.75) is 0 Å². The zero-order valence-corrected chi connectivity index (χ0v) is 11.5. The standard InChI is InChI=1S/C12H5Cl3N2O2/c13-7-1-6(4-16)2-8(3-7)19-11-10(15)9(14)5-17-12(11)18/h1-3,5H,(H,17,18). The topological polar surface area (TPSA) is 65.9 Å². The largest absolute Gasteiger partial charge is 0.450 e. The van der Waals surface area contributed by atoms with Crippen LogP contribution < -0.4 is 10.3 Å². The van der Waals surface area contributed by atoms with Gasteiger partial charge in [0.25, 0.3) is 5.56 Å². The minimum Gasteiger partial charge on any atom is -0.450 e. The van der Waals surface area contributed by atoms with E-state index in [1.54, 1.807) is 0 Å². The predicted molar refractivity (Wildman–Crippen MR) is 73.3 cm³/mol. The van der Waals surface area contributed by atoms with Crippen molar-refractivity contribution in [3.05, 3.63) is 55.4 Å². The van der Waals surface area contributed by atoms with Crippen molar-refractivity contribution in [3.63, 3.8) is 0 Å². The van der Waals surface area contributed by atoms with Crippen molar-refractivity contribution in [1.82, 2.24) is 4.98 Å². The van der Waals surface area contributed by atoms with E-state index >= 15 is 0 Å². The Morgan fingerprint density at radius 1 is 1.21 bits per heavy atom. The number of aromatic nitrogens is 1. The number of hydrogen-bond acceptors (Lipinski definition) is 3. The molecule has 7 heteroatoms. The number of ether oxygens (including phenoxy) is 1. The van der Waals surface area contributed by atoms with Crippen LogP contribution in [-0.4, -0.2) is 4.98 Å². The highest BCUT2D eigenvalue weighted by atomic mass is 35.5. The Kier molecular flexibility index (Phi) is 4.01. The molecule has 1 N–H and O–H groups in total. The Labute approximate surface area is 123 Å². The highest BCUT2D eigenvalue weighted by Crippen LogP contribution is 2.32. The van der Waals surface area contributed by atoms with Gasteiger partial charge in [-0.3, -0.25) is 4.79 Å². The molecule has 0 fully saturated rings. The fourth-order valence-electron chi connectivity index (χ4n) is 1.36. The molecule has 0 bridgehead atoms. The summed E-state index contributed by atoms with van der Waals surface area (Å²) in [4.78, 5) is 14.0. The predicted octanol–water partition coefficient (Wildman–Crippen LogP) is 4.00. The van der Waals surface area contributed by atoms with Gasteiger partial charge >= 0.3 is 0 Å². The summed E-state index contributed by atoms with van der Waals surface area (Å²) in [6, 6.07) is 6.29. The van der Waals surface area contributed by atoms with Crippen LogP contribution in [0.3, 0.4) is 0 Å². The molecule has 2 aromatic rings. The molecule has 0 spiro atoms. The first-order valence-electron chi connectivity index (χ1n) is 4.96. The summed E-state index contributed by atoms with van der Waals surface area (Å²) in [5, 5.41) is 9.28. The van der Waals surface area contributed by atoms with Crippen LogP contribution in [0.15, 0.2) is 29.2 Å². The molecule has 96 valence electrons. The van der Waals surface area contributed by atoms with Gasteiger partial charge in [-0.1, -0.05) is 34.8 Å². The molecule has 2 rings (SSSR count). The van der Waals surface area contributed by atoms with Gasteiger partial charge < -0.3 is 9.72 Å². The Morgan fingerprint density at radius 2 is 1.95 bits per heavy atom. The van der Waals surface area contributed by atoms with Crippen molar-refractivity contribution in [2.24, 2.45) is 0 Å². The van der Waals surface area contributed by atoms with E-state index in [1.807, 2.05) is 6.07 Å². The second-order valence-corrected chi connectivity index (χ2v) is 4.72. The van der Waals surface area contributed by atoms with Gasteiger partial charge in [-0.05, 0) is 18.2 Å². The molecule has 0 saturated heterocycles. The number of halogens is 3. The quantitative estimate of drug-likeness (QED) is 0.911. The minimum absolute atomic E-state index is 0.0103. The van der Waals surface area contributed by atoms with Gasteiger partial charge in [0.05, 0.1) is 16.7 Å². The highest BCUT2D eigenvalue weighted by molar-refractivity contribution is 6.42. The van der Waals surface area contributed by atoms with Crippen molar-refractivity contribution in [1.29, 1.82) is 5.26 Å². The monoisotopic (exact) mass is 314 g/mol. The van der Waals surface area contributed by atoms with Crippen molar-refractivity contribution < 1.29 is 4.74 Å². The van der Waals surface area contributed by atoms with Crippen LogP contribution in [0.25, 0.3) is 0 Å². The number of H-pyrrole nitrogens is 1. The summed E-state index contributed by atoms with van der Waals surface area (Å²) in [5.74, 6) is 0.0686. The van der Waals surface area contributed by atoms with Gasteiger partial charge in [0.1, 0.15) is 10.8 Å². The first-order valence-corrected chi connectivity index (χ1v) is 6.10. The van der Waals surface area contributed by atoms with Crippen LogP contribution in [0, 0.1) is 11.3 Å². The van der Waals surface area contributed by atoms with E-state index < -0.39 is 5.56 Å². The maximum Gasteiger partial charge on any atom is 0.292 e. The fraction of sp³-hybridized carbons (Fsp3) is 0. The molecule has 0 atom stereocenters. The number of hydrogen-bond donors (Lipinski definition) is 1. The average molecular weight is 316 g/mol. The number of nitriles is 1. The molecule has 1 heterocycles. The van der Waals surface area contributed by atoms with E-state index in [0.717, 1.165) is 0 Å². The third-order valence-electron chi connectivity index (χ3n) is 2.17. The van der Waals surface area contributed by atoms with E-state index in [4.69, 9.17) is 44.8 Å². The molecule has 1 aromatic carbocycles. The molecular weight excluding hydrogens is 311 g/mol. The molecule has 0 radical (unpaired) electrons. The van der Waals surface area contributed by atoms with E-state index in [0.29, 0.717) is 10.6 Å². The summed E-state index contributed by atoms with van der Waals surface area (Å²) in [5.41, 5.74) is -0.232. The van der Waals surface area contributed by atoms with Crippen LogP contribution in [0.5, 0.6) is 11.5 Å². The van der Waals surface area contributed by atoms with Crippen molar-refractivity contribution in [2.75, 3.05) is 0 Å². The molecule has 0 aliphatic carbocycles. The van der Waals surface area contributed by atoms with Gasteiger partial charge in [0.15, 0.2) is 0 Å². The normalized spacial score (nSPS) is 10.0. The lowest BCUT2D eigenvalue weighted by atomic mass is 10.2. The number of nitrogens with zero attached hydrogens (tertiary/aromatic N) is 1. The summed E-state index contributed by atoms with van der Waals surface area (Å²) >= 11 is 17.5. The zero-order chi connectivity index (χ0) is 14.0. The first-order chi connectivity index (χ1) is 9.01. The van der Waals surface area contributed by atoms with Crippen LogP contribution in [-0.2, 0) is 0 Å². The lowest BCUT2D eigenvalue weighted by molar-refractivity contribution is 0.475. The van der Waals surface area contributed by atoms with Gasteiger partial charge in [0.2, 0.25) is 5.75 Å². The Balaban J connectivity index is 2.48. The van der Waals surface area contributed by atoms with E-state index in [1.165, 1.54) is 24.4 Å². The average Bonchev–Trinajstić information content (AvgIpc) is 2.38. The molecule has 4 nitrogen and oxygen atoms in total. The lowest BCUT2D eigenvalue weighted by Crippen LogP contribution is -2.08. The molecule has 1 aromatic heterocycles. The van der Waals surface area contributed by atoms with Crippen LogP contribution in [0.2, 0.25) is 15.1 Å². The maximum absolute atomic E-state index is 11.6. The number of nitrogens with one attached hydrogen (secondary N) is 1. The molecule has 0 aliphatic rings. The molecule has 0 aliphatic heterocycles. The highest BCUT2D eigenvalue weighted by Gasteiger charge is 2.13. The minimum atomic E-state index is -0.534. The zero-order valence-electron chi connectivity index (χ0n) is 9.21. The van der Waals surface area contributed by atoms with E-state index in [9.17, 15) is 4.79 Å². The van der Waals surface area contributed by atoms with Gasteiger partial charge in [-0.2, -0.15) is 5.26 Å². The summed E-state index contributed by atoms with van der Waals surface area (Å²) < 4.78 is 5.35. The Hall–Kier alpha value is -1.67. The third-order valence-corrected chi connectivity index (χ3v) is 3.15. The maximum atomic E-state index is 11.6.